The van der Waals surface area contributed by atoms with Crippen LogP contribution in [0.25, 0.3) is 0 Å². The molecule has 1 saturated carbocycles. The highest BCUT2D eigenvalue weighted by Gasteiger charge is 2.31. The summed E-state index contributed by atoms with van der Waals surface area (Å²) in [5.41, 5.74) is 4.95. The molecule has 0 radical (unpaired) electrons. The summed E-state index contributed by atoms with van der Waals surface area (Å²) in [5.74, 6) is 2.59. The molecule has 0 aromatic carbocycles. The maximum Gasteiger partial charge on any atom is -0.0136 e. The molecule has 1 unspecified atom stereocenters. The van der Waals surface area contributed by atoms with Gasteiger partial charge in [0.2, 0.25) is 0 Å². The molecule has 0 aliphatic heterocycles. The third kappa shape index (κ3) is 2.04. The van der Waals surface area contributed by atoms with Crippen molar-refractivity contribution in [3.63, 3.8) is 0 Å². The van der Waals surface area contributed by atoms with Crippen LogP contribution in [0.15, 0.2) is 22.8 Å². The molecule has 0 N–H and O–H groups in total. The number of hydrogen-bond acceptors (Lipinski definition) is 0. The molecule has 0 aromatic heterocycles. The maximum absolute atomic E-state index is 2.56. The molecular formula is C15H24. The van der Waals surface area contributed by atoms with Crippen molar-refractivity contribution >= 4 is 0 Å². The van der Waals surface area contributed by atoms with Crippen molar-refractivity contribution in [1.29, 1.82) is 0 Å². The summed E-state index contributed by atoms with van der Waals surface area (Å²) in [6.45, 7) is 9.37. The lowest BCUT2D eigenvalue weighted by atomic mass is 9.67. The minimum absolute atomic E-state index is 0.802. The molecule has 0 heteroatoms. The van der Waals surface area contributed by atoms with Gasteiger partial charge in [0.25, 0.3) is 0 Å². The summed E-state index contributed by atoms with van der Waals surface area (Å²) in [6, 6.07) is 0. The predicted octanol–water partition coefficient (Wildman–Crippen LogP) is 4.73. The summed E-state index contributed by atoms with van der Waals surface area (Å²) in [6.07, 6.45) is 8.10. The number of allylic oxidation sites excluding steroid dienone is 4. The van der Waals surface area contributed by atoms with Crippen LogP contribution < -0.4 is 0 Å². The van der Waals surface area contributed by atoms with Crippen molar-refractivity contribution in [2.45, 2.75) is 53.4 Å². The van der Waals surface area contributed by atoms with E-state index in [0.29, 0.717) is 0 Å². The monoisotopic (exact) mass is 204 g/mol. The van der Waals surface area contributed by atoms with Gasteiger partial charge >= 0.3 is 0 Å². The van der Waals surface area contributed by atoms with E-state index < -0.39 is 0 Å². The lowest BCUT2D eigenvalue weighted by molar-refractivity contribution is 0.306. The van der Waals surface area contributed by atoms with Gasteiger partial charge in [-0.25, -0.2) is 0 Å². The molecule has 3 atom stereocenters. The zero-order chi connectivity index (χ0) is 11.0. The molecule has 2 aliphatic rings. The molecule has 2 aliphatic carbocycles. The number of rotatable bonds is 0. The van der Waals surface area contributed by atoms with Gasteiger partial charge in [-0.05, 0) is 68.4 Å². The smallest absolute Gasteiger partial charge is 0.0136 e. The number of hydrogen-bond donors (Lipinski definition) is 0. The maximum atomic E-state index is 2.56. The molecule has 0 amide bonds. The minimum Gasteiger partial charge on any atom is -0.0779 e. The lowest BCUT2D eigenvalue weighted by Crippen LogP contribution is -2.25. The molecule has 1 fully saturated rings. The van der Waals surface area contributed by atoms with Gasteiger partial charge in [0, 0.05) is 0 Å². The van der Waals surface area contributed by atoms with Gasteiger partial charge in [-0.2, -0.15) is 0 Å². The zero-order valence-corrected chi connectivity index (χ0v) is 10.6. The fourth-order valence-electron chi connectivity index (χ4n) is 3.28. The van der Waals surface area contributed by atoms with E-state index >= 15 is 0 Å². The fraction of sp³-hybridized carbons (Fsp3) is 0.733. The molecule has 15 heavy (non-hydrogen) atoms. The molecule has 0 nitrogen and oxygen atoms in total. The summed E-state index contributed by atoms with van der Waals surface area (Å²) < 4.78 is 0. The molecule has 84 valence electrons. The van der Waals surface area contributed by atoms with Gasteiger partial charge in [0.05, 0.1) is 0 Å². The van der Waals surface area contributed by atoms with Crippen LogP contribution in [0.2, 0.25) is 0 Å². The summed E-state index contributed by atoms with van der Waals surface area (Å²) in [7, 11) is 0. The fourth-order valence-corrected chi connectivity index (χ4v) is 3.28. The quantitative estimate of drug-likeness (QED) is 0.535. The molecule has 0 heterocycles. The Labute approximate surface area is 94.5 Å². The van der Waals surface area contributed by atoms with Crippen molar-refractivity contribution in [1.82, 2.24) is 0 Å². The molecule has 0 spiro atoms. The Balaban J connectivity index is 2.37. The molecule has 2 rings (SSSR count). The van der Waals surface area contributed by atoms with E-state index in [9.17, 15) is 0 Å². The van der Waals surface area contributed by atoms with E-state index in [1.807, 2.05) is 0 Å². The predicted molar refractivity (Wildman–Crippen MR) is 66.7 cm³/mol. The topological polar surface area (TPSA) is 0 Å². The first-order valence-corrected chi connectivity index (χ1v) is 6.48. The average Bonchev–Trinajstić information content (AvgIpc) is 2.17. The molecule has 0 saturated heterocycles. The second kappa shape index (κ2) is 4.15. The van der Waals surface area contributed by atoms with Crippen molar-refractivity contribution in [3.8, 4) is 0 Å². The van der Waals surface area contributed by atoms with E-state index in [0.717, 1.165) is 17.8 Å². The first-order valence-electron chi connectivity index (χ1n) is 6.48. The largest absolute Gasteiger partial charge is 0.0779 e. The van der Waals surface area contributed by atoms with Gasteiger partial charge in [-0.3, -0.25) is 0 Å². The van der Waals surface area contributed by atoms with Gasteiger partial charge in [0.1, 0.15) is 0 Å². The van der Waals surface area contributed by atoms with E-state index in [1.54, 1.807) is 16.7 Å². The van der Waals surface area contributed by atoms with Crippen LogP contribution in [0.5, 0.6) is 0 Å². The highest BCUT2D eigenvalue weighted by atomic mass is 14.4. The van der Waals surface area contributed by atoms with Crippen LogP contribution in [0, 0.1) is 17.8 Å². The van der Waals surface area contributed by atoms with Crippen molar-refractivity contribution < 1.29 is 0 Å². The third-order valence-electron chi connectivity index (χ3n) is 4.29. The van der Waals surface area contributed by atoms with Gasteiger partial charge in [-0.1, -0.05) is 25.5 Å². The molecule has 0 bridgehead atoms. The van der Waals surface area contributed by atoms with Crippen LogP contribution in [0.1, 0.15) is 53.4 Å². The van der Waals surface area contributed by atoms with Gasteiger partial charge < -0.3 is 0 Å². The van der Waals surface area contributed by atoms with Gasteiger partial charge in [-0.15, -0.1) is 0 Å². The summed E-state index contributed by atoms with van der Waals surface area (Å²) in [4.78, 5) is 0. The Hall–Kier alpha value is -0.520. The molecule has 0 aromatic rings. The van der Waals surface area contributed by atoms with E-state index in [4.69, 9.17) is 0 Å². The normalized spacial score (nSPS) is 35.9. The van der Waals surface area contributed by atoms with Crippen molar-refractivity contribution in [2.24, 2.45) is 17.8 Å². The van der Waals surface area contributed by atoms with Crippen LogP contribution in [-0.2, 0) is 0 Å². The highest BCUT2D eigenvalue weighted by Crippen LogP contribution is 2.45. The zero-order valence-electron chi connectivity index (χ0n) is 10.6. The second-order valence-electron chi connectivity index (χ2n) is 5.78. The Morgan fingerprint density at radius 3 is 2.53 bits per heavy atom. The van der Waals surface area contributed by atoms with Crippen molar-refractivity contribution in [3.05, 3.63) is 22.8 Å². The Morgan fingerprint density at radius 1 is 1.13 bits per heavy atom. The van der Waals surface area contributed by atoms with Crippen LogP contribution in [0.4, 0.5) is 0 Å². The van der Waals surface area contributed by atoms with Crippen LogP contribution >= 0.6 is 0 Å². The lowest BCUT2D eigenvalue weighted by Gasteiger charge is -2.38. The van der Waals surface area contributed by atoms with Crippen LogP contribution in [0.3, 0.4) is 0 Å². The Kier molecular flexibility index (Phi) is 3.04. The van der Waals surface area contributed by atoms with E-state index in [2.05, 4.69) is 33.8 Å². The SMILES string of the molecule is CC(C)=C1CC[C@H](C)C2CC[C@H](C)C=C12. The first-order chi connectivity index (χ1) is 7.09. The van der Waals surface area contributed by atoms with Crippen molar-refractivity contribution in [2.75, 3.05) is 0 Å². The average molecular weight is 204 g/mol. The Morgan fingerprint density at radius 2 is 1.87 bits per heavy atom. The minimum atomic E-state index is 0.802. The van der Waals surface area contributed by atoms with E-state index in [-0.39, 0.29) is 0 Å². The summed E-state index contributed by atoms with van der Waals surface area (Å²) >= 11 is 0. The standard InChI is InChI=1S/C15H24/c1-10(2)13-8-6-12(4)14-7-5-11(3)9-15(13)14/h9,11-12,14H,5-8H2,1-4H3/t11-,12-,14?/m0/s1. The Bertz CT molecular complexity index is 302. The number of fused-ring (bicyclic) bond motifs is 1. The van der Waals surface area contributed by atoms with Crippen LogP contribution in [-0.4, -0.2) is 0 Å². The van der Waals surface area contributed by atoms with E-state index in [1.165, 1.54) is 25.7 Å². The molecular weight excluding hydrogens is 180 g/mol. The second-order valence-corrected chi connectivity index (χ2v) is 5.78. The third-order valence-corrected chi connectivity index (χ3v) is 4.29. The van der Waals surface area contributed by atoms with Gasteiger partial charge in [0.15, 0.2) is 0 Å². The summed E-state index contributed by atoms with van der Waals surface area (Å²) in [5, 5.41) is 0. The first kappa shape index (κ1) is 11.0. The highest BCUT2D eigenvalue weighted by molar-refractivity contribution is 5.39.